The Bertz CT molecular complexity index is 1250. The molecule has 0 fully saturated rings. The fourth-order valence-corrected chi connectivity index (χ4v) is 2.95. The van der Waals surface area contributed by atoms with Crippen LogP contribution in [0.2, 0.25) is 0 Å². The van der Waals surface area contributed by atoms with Gasteiger partial charge in [-0.15, -0.1) is 0 Å². The molecule has 11 heteroatoms. The third-order valence-electron chi connectivity index (χ3n) is 4.42. The van der Waals surface area contributed by atoms with Gasteiger partial charge in [-0.1, -0.05) is 0 Å². The van der Waals surface area contributed by atoms with Crippen LogP contribution in [0.5, 0.6) is 0 Å². The van der Waals surface area contributed by atoms with E-state index in [1.54, 1.807) is 30.3 Å². The fourth-order valence-electron chi connectivity index (χ4n) is 2.95. The first-order chi connectivity index (χ1) is 14.7. The van der Waals surface area contributed by atoms with Crippen LogP contribution in [0.25, 0.3) is 6.20 Å². The molecule has 0 bridgehead atoms. The summed E-state index contributed by atoms with van der Waals surface area (Å²) in [6.07, 6.45) is -2.84. The van der Waals surface area contributed by atoms with Crippen LogP contribution >= 0.6 is 0 Å². The van der Waals surface area contributed by atoms with Crippen molar-refractivity contribution >= 4 is 35.2 Å². The molecule has 3 aromatic rings. The van der Waals surface area contributed by atoms with Crippen LogP contribution in [0.3, 0.4) is 0 Å². The van der Waals surface area contributed by atoms with E-state index >= 15 is 0 Å². The molecule has 0 spiro atoms. The number of furan rings is 1. The number of halogens is 4. The summed E-state index contributed by atoms with van der Waals surface area (Å²) in [5.74, 6) is -0.725. The standard InChI is InChI=1S/C20H15F4N5O2/c21-15-6-1-12(20(22,23)24)8-16(15)28-19(30)27-13-2-4-14(5-3-13)29-9-11-7-17(25)31-18(11)26-10-29/h1-9H,10,25H2,(H2,27,28,30). The number of amides is 2. The number of anilines is 4. The van der Waals surface area contributed by atoms with Crippen molar-refractivity contribution in [3.63, 3.8) is 0 Å². The van der Waals surface area contributed by atoms with Crippen molar-refractivity contribution in [2.75, 3.05) is 27.9 Å². The molecule has 0 saturated heterocycles. The van der Waals surface area contributed by atoms with E-state index in [4.69, 9.17) is 10.2 Å². The molecule has 31 heavy (non-hydrogen) atoms. The number of benzene rings is 2. The Morgan fingerprint density at radius 1 is 1.10 bits per heavy atom. The van der Waals surface area contributed by atoms with Gasteiger partial charge >= 0.3 is 12.2 Å². The molecular formula is C20H15F4N5O2. The van der Waals surface area contributed by atoms with Crippen molar-refractivity contribution in [3.8, 4) is 0 Å². The number of hydrogen-bond acceptors (Lipinski definition) is 5. The van der Waals surface area contributed by atoms with Gasteiger partial charge in [0.2, 0.25) is 5.55 Å². The molecule has 2 aromatic carbocycles. The largest absolute Gasteiger partial charge is 0.423 e. The minimum Gasteiger partial charge on any atom is -0.423 e. The second kappa shape index (κ2) is 7.67. The van der Waals surface area contributed by atoms with Gasteiger partial charge in [0.25, 0.3) is 0 Å². The van der Waals surface area contributed by atoms with Gasteiger partial charge in [-0.25, -0.2) is 14.2 Å². The minimum absolute atomic E-state index is 0.259. The number of rotatable bonds is 3. The maximum absolute atomic E-state index is 13.8. The molecule has 0 radical (unpaired) electrons. The topological polar surface area (TPSA) is 95.9 Å². The van der Waals surface area contributed by atoms with Crippen molar-refractivity contribution in [3.05, 3.63) is 70.7 Å². The lowest BCUT2D eigenvalue weighted by molar-refractivity contribution is -0.137. The second-order valence-electron chi connectivity index (χ2n) is 6.63. The second-order valence-corrected chi connectivity index (χ2v) is 6.63. The Morgan fingerprint density at radius 3 is 2.55 bits per heavy atom. The average Bonchev–Trinajstić information content (AvgIpc) is 3.08. The highest BCUT2D eigenvalue weighted by Gasteiger charge is 2.31. The predicted octanol–water partition coefficient (Wildman–Crippen LogP) is 3.50. The Hall–Kier alpha value is -4.02. The molecule has 2 heterocycles. The Morgan fingerprint density at radius 2 is 1.84 bits per heavy atom. The summed E-state index contributed by atoms with van der Waals surface area (Å²) >= 11 is 0. The number of nitrogen functional groups attached to an aromatic ring is 1. The van der Waals surface area contributed by atoms with Crippen molar-refractivity contribution in [2.24, 2.45) is 4.99 Å². The molecule has 160 valence electrons. The van der Waals surface area contributed by atoms with Crippen molar-refractivity contribution in [2.45, 2.75) is 6.18 Å². The molecule has 4 rings (SSSR count). The van der Waals surface area contributed by atoms with Gasteiger partial charge in [0.05, 0.1) is 16.5 Å². The monoisotopic (exact) mass is 433 g/mol. The number of fused-ring (bicyclic) bond motifs is 1. The van der Waals surface area contributed by atoms with E-state index in [-0.39, 0.29) is 5.88 Å². The Balaban J connectivity index is 1.44. The smallest absolute Gasteiger partial charge is 0.416 e. The van der Waals surface area contributed by atoms with Crippen LogP contribution < -0.4 is 32.0 Å². The average molecular weight is 433 g/mol. The van der Waals surface area contributed by atoms with Gasteiger partial charge < -0.3 is 25.7 Å². The zero-order chi connectivity index (χ0) is 22.2. The Labute approximate surface area is 172 Å². The maximum atomic E-state index is 13.8. The summed E-state index contributed by atoms with van der Waals surface area (Å²) in [4.78, 5) is 18.2. The highest BCUT2D eigenvalue weighted by Crippen LogP contribution is 2.31. The van der Waals surface area contributed by atoms with Crippen molar-refractivity contribution < 1.29 is 26.8 Å². The molecule has 4 N–H and O–H groups in total. The van der Waals surface area contributed by atoms with Crippen LogP contribution in [0.15, 0.2) is 57.9 Å². The van der Waals surface area contributed by atoms with Crippen LogP contribution in [0.1, 0.15) is 5.56 Å². The number of carbonyl (C=O) groups excluding carboxylic acids is 1. The van der Waals surface area contributed by atoms with Crippen LogP contribution in [0, 0.1) is 5.82 Å². The molecule has 0 unspecified atom stereocenters. The van der Waals surface area contributed by atoms with Crippen molar-refractivity contribution in [1.29, 1.82) is 0 Å². The third-order valence-corrected chi connectivity index (χ3v) is 4.42. The number of carbonyl (C=O) groups is 1. The zero-order valence-corrected chi connectivity index (χ0v) is 15.7. The highest BCUT2D eigenvalue weighted by atomic mass is 19.4. The van der Waals surface area contributed by atoms with E-state index in [9.17, 15) is 22.4 Å². The van der Waals surface area contributed by atoms with Crippen molar-refractivity contribution in [1.82, 2.24) is 0 Å². The number of nitrogens with one attached hydrogen (secondary N) is 2. The number of urea groups is 1. The van der Waals surface area contributed by atoms with Gasteiger partial charge in [0.15, 0.2) is 5.88 Å². The number of nitrogens with two attached hydrogens (primary N) is 1. The third kappa shape index (κ3) is 4.44. The number of hydrogen-bond donors (Lipinski definition) is 3. The quantitative estimate of drug-likeness (QED) is 0.551. The Kier molecular flexibility index (Phi) is 5.01. The zero-order valence-electron chi connectivity index (χ0n) is 15.7. The van der Waals surface area contributed by atoms with Gasteiger partial charge in [-0.05, 0) is 42.5 Å². The lowest BCUT2D eigenvalue weighted by Crippen LogP contribution is -2.33. The molecule has 1 aliphatic rings. The minimum atomic E-state index is -4.66. The number of alkyl halides is 3. The van der Waals surface area contributed by atoms with E-state index in [1.807, 2.05) is 11.1 Å². The highest BCUT2D eigenvalue weighted by molar-refractivity contribution is 6.00. The van der Waals surface area contributed by atoms with Gasteiger partial charge in [0, 0.05) is 23.6 Å². The van der Waals surface area contributed by atoms with Crippen LogP contribution in [-0.4, -0.2) is 12.7 Å². The van der Waals surface area contributed by atoms with E-state index in [2.05, 4.69) is 15.6 Å². The molecule has 1 aromatic heterocycles. The lowest BCUT2D eigenvalue weighted by atomic mass is 10.2. The molecule has 0 atom stereocenters. The molecule has 7 nitrogen and oxygen atoms in total. The summed E-state index contributed by atoms with van der Waals surface area (Å²) in [7, 11) is 0. The van der Waals surface area contributed by atoms with Crippen LogP contribution in [0.4, 0.5) is 45.3 Å². The summed E-state index contributed by atoms with van der Waals surface area (Å²) in [5.41, 5.74) is 5.54. The first-order valence-corrected chi connectivity index (χ1v) is 8.92. The van der Waals surface area contributed by atoms with E-state index in [0.717, 1.165) is 10.9 Å². The van der Waals surface area contributed by atoms with Gasteiger partial charge in [0.1, 0.15) is 12.5 Å². The SMILES string of the molecule is Nc1cc2c(o1)=NCN(c1ccc(NC(=O)Nc3cc(C(F)(F)F)ccc3F)cc1)C=2. The predicted molar refractivity (Wildman–Crippen MR) is 106 cm³/mol. The fraction of sp³-hybridized carbons (Fsp3) is 0.100. The first kappa shape index (κ1) is 20.3. The van der Waals surface area contributed by atoms with Gasteiger partial charge in [-0.3, -0.25) is 0 Å². The number of nitrogens with zero attached hydrogens (tertiary/aromatic N) is 2. The summed E-state index contributed by atoms with van der Waals surface area (Å²) in [5, 5.41) is 5.26. The maximum Gasteiger partial charge on any atom is 0.416 e. The molecule has 0 aliphatic carbocycles. The molecular weight excluding hydrogens is 418 g/mol. The molecule has 0 saturated carbocycles. The summed E-state index contributed by atoms with van der Waals surface area (Å²) < 4.78 is 57.4. The van der Waals surface area contributed by atoms with E-state index in [0.29, 0.717) is 36.1 Å². The molecule has 1 aliphatic heterocycles. The van der Waals surface area contributed by atoms with E-state index in [1.165, 1.54) is 0 Å². The summed E-state index contributed by atoms with van der Waals surface area (Å²) in [6.45, 7) is 0.308. The van der Waals surface area contributed by atoms with Gasteiger partial charge in [-0.2, -0.15) is 13.2 Å². The summed E-state index contributed by atoms with van der Waals surface area (Å²) in [6, 6.07) is 9.14. The normalized spacial score (nSPS) is 13.1. The van der Waals surface area contributed by atoms with E-state index < -0.39 is 29.3 Å². The first-order valence-electron chi connectivity index (χ1n) is 8.92. The molecule has 2 amide bonds. The lowest BCUT2D eigenvalue weighted by Gasteiger charge is -2.19. The van der Waals surface area contributed by atoms with Crippen LogP contribution in [-0.2, 0) is 6.18 Å².